The number of methoxy groups -OCH3 is 2. The van der Waals surface area contributed by atoms with Gasteiger partial charge in [0.2, 0.25) is 0 Å². The molecular formula is C20H18N2O4. The van der Waals surface area contributed by atoms with E-state index in [9.17, 15) is 0 Å². The fourth-order valence-electron chi connectivity index (χ4n) is 2.78. The standard InChI is InChI=1S/C20H18N2O4/c1-23-16-5-3-14(18(10-16)24-2)11-21-20-22-17-6-4-13(9-19(17)26-20)15-7-8-25-12-15/h3-10,12H,11H2,1-2H3,(H,21,22). The molecule has 2 heterocycles. The highest BCUT2D eigenvalue weighted by Gasteiger charge is 2.10. The van der Waals surface area contributed by atoms with E-state index in [-0.39, 0.29) is 0 Å². The number of nitrogens with zero attached hydrogens (tertiary/aromatic N) is 1. The minimum atomic E-state index is 0.460. The third-order valence-corrected chi connectivity index (χ3v) is 4.17. The molecule has 0 amide bonds. The molecule has 0 spiro atoms. The van der Waals surface area contributed by atoms with Crippen LogP contribution in [0.2, 0.25) is 0 Å². The number of aromatic nitrogens is 1. The van der Waals surface area contributed by atoms with Gasteiger partial charge in [0, 0.05) is 23.7 Å². The first-order valence-corrected chi connectivity index (χ1v) is 8.15. The molecule has 0 saturated heterocycles. The Hall–Kier alpha value is -3.41. The first kappa shape index (κ1) is 16.1. The van der Waals surface area contributed by atoms with Gasteiger partial charge in [-0.15, -0.1) is 0 Å². The zero-order chi connectivity index (χ0) is 17.9. The van der Waals surface area contributed by atoms with Crippen molar-refractivity contribution in [1.82, 2.24) is 4.98 Å². The molecule has 26 heavy (non-hydrogen) atoms. The van der Waals surface area contributed by atoms with E-state index in [2.05, 4.69) is 10.3 Å². The second kappa shape index (κ2) is 6.84. The molecular weight excluding hydrogens is 332 g/mol. The van der Waals surface area contributed by atoms with Gasteiger partial charge in [-0.25, -0.2) is 0 Å². The molecule has 2 aromatic carbocycles. The minimum Gasteiger partial charge on any atom is -0.497 e. The Bertz CT molecular complexity index is 1020. The molecule has 6 heteroatoms. The van der Waals surface area contributed by atoms with Crippen molar-refractivity contribution in [3.63, 3.8) is 0 Å². The smallest absolute Gasteiger partial charge is 0.295 e. The molecule has 1 N–H and O–H groups in total. The van der Waals surface area contributed by atoms with Gasteiger partial charge in [0.1, 0.15) is 17.0 Å². The molecule has 4 rings (SSSR count). The molecule has 0 radical (unpaired) electrons. The lowest BCUT2D eigenvalue weighted by atomic mass is 10.1. The van der Waals surface area contributed by atoms with Gasteiger partial charge in [0.05, 0.1) is 26.7 Å². The number of anilines is 1. The number of nitrogens with one attached hydrogen (secondary N) is 1. The number of rotatable bonds is 6. The van der Waals surface area contributed by atoms with Crippen molar-refractivity contribution in [3.8, 4) is 22.6 Å². The van der Waals surface area contributed by atoms with Gasteiger partial charge in [-0.1, -0.05) is 6.07 Å². The van der Waals surface area contributed by atoms with Crippen LogP contribution in [0, 0.1) is 0 Å². The van der Waals surface area contributed by atoms with Crippen molar-refractivity contribution in [2.24, 2.45) is 0 Å². The Morgan fingerprint density at radius 1 is 1.00 bits per heavy atom. The van der Waals surface area contributed by atoms with E-state index >= 15 is 0 Å². The van der Waals surface area contributed by atoms with E-state index in [1.807, 2.05) is 42.5 Å². The van der Waals surface area contributed by atoms with E-state index in [4.69, 9.17) is 18.3 Å². The molecule has 132 valence electrons. The zero-order valence-electron chi connectivity index (χ0n) is 14.5. The maximum absolute atomic E-state index is 5.83. The van der Waals surface area contributed by atoms with Crippen LogP contribution in [0.4, 0.5) is 6.01 Å². The van der Waals surface area contributed by atoms with Crippen LogP contribution in [0.1, 0.15) is 5.56 Å². The van der Waals surface area contributed by atoms with Gasteiger partial charge < -0.3 is 23.6 Å². The highest BCUT2D eigenvalue weighted by Crippen LogP contribution is 2.28. The van der Waals surface area contributed by atoms with Gasteiger partial charge in [0.15, 0.2) is 5.58 Å². The maximum Gasteiger partial charge on any atom is 0.295 e. The van der Waals surface area contributed by atoms with Crippen molar-refractivity contribution >= 4 is 17.1 Å². The second-order valence-electron chi connectivity index (χ2n) is 5.74. The van der Waals surface area contributed by atoms with Gasteiger partial charge in [0.25, 0.3) is 6.01 Å². The summed E-state index contributed by atoms with van der Waals surface area (Å²) < 4.78 is 21.6. The predicted octanol–water partition coefficient (Wildman–Crippen LogP) is 4.72. The first-order chi connectivity index (χ1) is 12.8. The van der Waals surface area contributed by atoms with E-state index in [0.29, 0.717) is 18.1 Å². The summed E-state index contributed by atoms with van der Waals surface area (Å²) in [4.78, 5) is 4.47. The van der Waals surface area contributed by atoms with Crippen molar-refractivity contribution in [2.75, 3.05) is 19.5 Å². The average Bonchev–Trinajstić information content (AvgIpc) is 3.34. The lowest BCUT2D eigenvalue weighted by Crippen LogP contribution is -2.02. The summed E-state index contributed by atoms with van der Waals surface area (Å²) in [6.45, 7) is 0.522. The Balaban J connectivity index is 1.54. The van der Waals surface area contributed by atoms with Crippen molar-refractivity contribution < 1.29 is 18.3 Å². The molecule has 0 unspecified atom stereocenters. The molecule has 0 saturated carbocycles. The summed E-state index contributed by atoms with van der Waals surface area (Å²) in [7, 11) is 3.26. The Labute approximate surface area is 150 Å². The number of fused-ring (bicyclic) bond motifs is 1. The summed E-state index contributed by atoms with van der Waals surface area (Å²) in [5.74, 6) is 1.49. The fraction of sp³-hybridized carbons (Fsp3) is 0.150. The molecule has 2 aromatic heterocycles. The Morgan fingerprint density at radius 3 is 2.69 bits per heavy atom. The number of benzene rings is 2. The highest BCUT2D eigenvalue weighted by molar-refractivity contribution is 5.81. The summed E-state index contributed by atoms with van der Waals surface area (Å²) in [6, 6.07) is 13.9. The molecule has 0 atom stereocenters. The van der Waals surface area contributed by atoms with Crippen LogP contribution in [0.25, 0.3) is 22.2 Å². The molecule has 0 aliphatic heterocycles. The molecule has 0 aliphatic rings. The first-order valence-electron chi connectivity index (χ1n) is 8.15. The zero-order valence-corrected chi connectivity index (χ0v) is 14.5. The van der Waals surface area contributed by atoms with E-state index in [0.717, 1.165) is 33.7 Å². The third-order valence-electron chi connectivity index (χ3n) is 4.17. The topological polar surface area (TPSA) is 69.7 Å². The van der Waals surface area contributed by atoms with Crippen molar-refractivity contribution in [1.29, 1.82) is 0 Å². The van der Waals surface area contributed by atoms with E-state index in [1.54, 1.807) is 26.7 Å². The minimum absolute atomic E-state index is 0.460. The lowest BCUT2D eigenvalue weighted by Gasteiger charge is -2.10. The number of furan rings is 1. The van der Waals surface area contributed by atoms with E-state index in [1.165, 1.54) is 0 Å². The summed E-state index contributed by atoms with van der Waals surface area (Å²) in [5, 5.41) is 3.20. The van der Waals surface area contributed by atoms with Crippen molar-refractivity contribution in [2.45, 2.75) is 6.54 Å². The van der Waals surface area contributed by atoms with E-state index < -0.39 is 0 Å². The van der Waals surface area contributed by atoms with Crippen LogP contribution in [-0.2, 0) is 6.54 Å². The van der Waals surface area contributed by atoms with Crippen molar-refractivity contribution in [3.05, 3.63) is 60.6 Å². The predicted molar refractivity (Wildman–Crippen MR) is 98.6 cm³/mol. The number of hydrogen-bond acceptors (Lipinski definition) is 6. The van der Waals surface area contributed by atoms with Gasteiger partial charge in [-0.2, -0.15) is 4.98 Å². The SMILES string of the molecule is COc1ccc(CNc2nc3ccc(-c4ccoc4)cc3o2)c(OC)c1. The summed E-state index contributed by atoms with van der Waals surface area (Å²) in [6.07, 6.45) is 3.35. The molecule has 0 bridgehead atoms. The van der Waals surface area contributed by atoms with Crippen LogP contribution in [0.15, 0.2) is 63.8 Å². The maximum atomic E-state index is 5.83. The fourth-order valence-corrected chi connectivity index (χ4v) is 2.78. The Morgan fingerprint density at radius 2 is 1.92 bits per heavy atom. The monoisotopic (exact) mass is 350 g/mol. The molecule has 0 fully saturated rings. The number of ether oxygens (including phenoxy) is 2. The summed E-state index contributed by atoms with van der Waals surface area (Å²) in [5.41, 5.74) is 4.51. The summed E-state index contributed by atoms with van der Waals surface area (Å²) >= 11 is 0. The molecule has 0 aliphatic carbocycles. The quantitative estimate of drug-likeness (QED) is 0.543. The third kappa shape index (κ3) is 3.09. The number of hydrogen-bond donors (Lipinski definition) is 1. The molecule has 6 nitrogen and oxygen atoms in total. The van der Waals surface area contributed by atoms with Gasteiger partial charge >= 0.3 is 0 Å². The number of oxazole rings is 1. The van der Waals surface area contributed by atoms with Crippen LogP contribution in [-0.4, -0.2) is 19.2 Å². The van der Waals surface area contributed by atoms with Gasteiger partial charge in [-0.05, 0) is 35.9 Å². The van der Waals surface area contributed by atoms with Crippen LogP contribution >= 0.6 is 0 Å². The Kier molecular flexibility index (Phi) is 4.23. The van der Waals surface area contributed by atoms with Crippen LogP contribution < -0.4 is 14.8 Å². The highest BCUT2D eigenvalue weighted by atomic mass is 16.5. The molecule has 4 aromatic rings. The van der Waals surface area contributed by atoms with Crippen LogP contribution in [0.3, 0.4) is 0 Å². The lowest BCUT2D eigenvalue weighted by molar-refractivity contribution is 0.391. The van der Waals surface area contributed by atoms with Gasteiger partial charge in [-0.3, -0.25) is 0 Å². The normalized spacial score (nSPS) is 10.8. The van der Waals surface area contributed by atoms with Crippen LogP contribution in [0.5, 0.6) is 11.5 Å². The largest absolute Gasteiger partial charge is 0.497 e. The second-order valence-corrected chi connectivity index (χ2v) is 5.74. The average molecular weight is 350 g/mol.